The lowest BCUT2D eigenvalue weighted by atomic mass is 9.86. The molecular formula is C15H14N4O2. The molecule has 0 aliphatic carbocycles. The fourth-order valence-electron chi connectivity index (χ4n) is 3.79. The van der Waals surface area contributed by atoms with E-state index >= 15 is 0 Å². The zero-order valence-corrected chi connectivity index (χ0v) is 11.3. The predicted octanol–water partition coefficient (Wildman–Crippen LogP) is 0.755. The molecule has 1 amide bonds. The first-order valence-electron chi connectivity index (χ1n) is 7.22. The molecule has 0 aromatic carbocycles. The van der Waals surface area contributed by atoms with Crippen LogP contribution in [0.1, 0.15) is 10.5 Å². The predicted molar refractivity (Wildman–Crippen MR) is 73.7 cm³/mol. The van der Waals surface area contributed by atoms with Crippen LogP contribution in [0.15, 0.2) is 36.8 Å². The highest BCUT2D eigenvalue weighted by atomic mass is 16.5. The van der Waals surface area contributed by atoms with Gasteiger partial charge in [-0.15, -0.1) is 0 Å². The molecule has 5 rings (SSSR count). The minimum absolute atomic E-state index is 0.00528. The summed E-state index contributed by atoms with van der Waals surface area (Å²) >= 11 is 0. The van der Waals surface area contributed by atoms with Gasteiger partial charge in [0.25, 0.3) is 5.91 Å². The number of hydrogen-bond acceptors (Lipinski definition) is 4. The van der Waals surface area contributed by atoms with Crippen LogP contribution in [0.4, 0.5) is 0 Å². The Balaban J connectivity index is 1.42. The summed E-state index contributed by atoms with van der Waals surface area (Å²) in [6, 6.07) is 1.82. The lowest BCUT2D eigenvalue weighted by Gasteiger charge is -2.17. The Bertz CT molecular complexity index is 715. The van der Waals surface area contributed by atoms with Crippen LogP contribution in [0.2, 0.25) is 0 Å². The summed E-state index contributed by atoms with van der Waals surface area (Å²) in [6.07, 6.45) is 9.94. The van der Waals surface area contributed by atoms with Crippen LogP contribution in [0, 0.1) is 11.8 Å². The van der Waals surface area contributed by atoms with Crippen LogP contribution >= 0.6 is 0 Å². The van der Waals surface area contributed by atoms with Gasteiger partial charge in [0.1, 0.15) is 5.69 Å². The molecule has 2 bridgehead atoms. The van der Waals surface area contributed by atoms with Gasteiger partial charge in [0.2, 0.25) is 5.78 Å². The van der Waals surface area contributed by atoms with Gasteiger partial charge < -0.3 is 9.64 Å². The van der Waals surface area contributed by atoms with Crippen molar-refractivity contribution in [1.82, 2.24) is 19.3 Å². The Morgan fingerprint density at radius 2 is 2.00 bits per heavy atom. The molecule has 4 atom stereocenters. The van der Waals surface area contributed by atoms with Gasteiger partial charge in [-0.2, -0.15) is 0 Å². The topological polar surface area (TPSA) is 59.7 Å². The molecular weight excluding hydrogens is 268 g/mol. The molecule has 21 heavy (non-hydrogen) atoms. The van der Waals surface area contributed by atoms with E-state index in [2.05, 4.69) is 22.1 Å². The van der Waals surface area contributed by atoms with E-state index in [1.54, 1.807) is 16.8 Å². The van der Waals surface area contributed by atoms with Crippen molar-refractivity contribution in [2.45, 2.75) is 12.2 Å². The van der Waals surface area contributed by atoms with E-state index in [1.807, 2.05) is 17.2 Å². The Kier molecular flexibility index (Phi) is 2.13. The quantitative estimate of drug-likeness (QED) is 0.724. The van der Waals surface area contributed by atoms with Gasteiger partial charge in [-0.25, -0.2) is 9.97 Å². The molecule has 2 aromatic rings. The molecule has 4 unspecified atom stereocenters. The molecule has 0 N–H and O–H groups in total. The standard InChI is InChI=1S/C15H14N4O2/c20-14(11-8-18-5-1-4-16-15(18)17-11)19-6-9-10(7-19)13-3-2-12(9)21-13/h1-5,8-10,12-13H,6-7H2. The van der Waals surface area contributed by atoms with E-state index < -0.39 is 0 Å². The second kappa shape index (κ2) is 3.92. The van der Waals surface area contributed by atoms with Crippen molar-refractivity contribution in [3.63, 3.8) is 0 Å². The number of hydrogen-bond donors (Lipinski definition) is 0. The first kappa shape index (κ1) is 11.4. The van der Waals surface area contributed by atoms with Crippen LogP contribution in [0.5, 0.6) is 0 Å². The van der Waals surface area contributed by atoms with Gasteiger partial charge in [-0.05, 0) is 6.07 Å². The largest absolute Gasteiger partial charge is 0.366 e. The van der Waals surface area contributed by atoms with Gasteiger partial charge in [-0.3, -0.25) is 9.20 Å². The molecule has 0 saturated carbocycles. The van der Waals surface area contributed by atoms with Crippen LogP contribution in [0.25, 0.3) is 5.78 Å². The normalized spacial score (nSPS) is 33.0. The number of fused-ring (bicyclic) bond motifs is 6. The zero-order chi connectivity index (χ0) is 14.0. The van der Waals surface area contributed by atoms with Crippen molar-refractivity contribution in [2.24, 2.45) is 11.8 Å². The number of likely N-dealkylation sites (tertiary alicyclic amines) is 1. The van der Waals surface area contributed by atoms with Gasteiger partial charge in [0, 0.05) is 43.5 Å². The summed E-state index contributed by atoms with van der Waals surface area (Å²) in [4.78, 5) is 23.0. The minimum Gasteiger partial charge on any atom is -0.366 e. The van der Waals surface area contributed by atoms with Crippen molar-refractivity contribution in [2.75, 3.05) is 13.1 Å². The molecule has 3 aliphatic heterocycles. The van der Waals surface area contributed by atoms with Crippen LogP contribution in [-0.4, -0.2) is 50.5 Å². The summed E-state index contributed by atoms with van der Waals surface area (Å²) in [5, 5.41) is 0. The number of carbonyl (C=O) groups excluding carboxylic acids is 1. The summed E-state index contributed by atoms with van der Waals surface area (Å²) < 4.78 is 7.62. The Hall–Kier alpha value is -2.21. The average Bonchev–Trinajstić information content (AvgIpc) is 3.24. The maximum atomic E-state index is 12.6. The third-order valence-corrected chi connectivity index (χ3v) is 4.80. The number of imidazole rings is 1. The van der Waals surface area contributed by atoms with E-state index in [1.165, 1.54) is 0 Å². The second-order valence-corrected chi connectivity index (χ2v) is 5.94. The molecule has 0 radical (unpaired) electrons. The highest BCUT2D eigenvalue weighted by molar-refractivity contribution is 5.93. The maximum Gasteiger partial charge on any atom is 0.274 e. The number of rotatable bonds is 1. The van der Waals surface area contributed by atoms with E-state index in [0.29, 0.717) is 23.3 Å². The molecule has 6 heteroatoms. The van der Waals surface area contributed by atoms with Crippen molar-refractivity contribution >= 4 is 11.7 Å². The summed E-state index contributed by atoms with van der Waals surface area (Å²) in [5.41, 5.74) is 0.467. The average molecular weight is 282 g/mol. The first-order chi connectivity index (χ1) is 10.3. The molecule has 0 spiro atoms. The van der Waals surface area contributed by atoms with E-state index in [-0.39, 0.29) is 18.1 Å². The summed E-state index contributed by atoms with van der Waals surface area (Å²) in [5.74, 6) is 1.44. The molecule has 2 aromatic heterocycles. The number of ether oxygens (including phenoxy) is 1. The summed E-state index contributed by atoms with van der Waals surface area (Å²) in [6.45, 7) is 1.52. The highest BCUT2D eigenvalue weighted by Crippen LogP contribution is 2.43. The number of aromatic nitrogens is 3. The molecule has 3 aliphatic rings. The van der Waals surface area contributed by atoms with Gasteiger partial charge >= 0.3 is 0 Å². The SMILES string of the molecule is O=C(c1cn2cccnc2n1)N1CC2C3C=CC(O3)C2C1. The van der Waals surface area contributed by atoms with Crippen molar-refractivity contribution in [3.8, 4) is 0 Å². The summed E-state index contributed by atoms with van der Waals surface area (Å²) in [7, 11) is 0. The maximum absolute atomic E-state index is 12.6. The Morgan fingerprint density at radius 1 is 1.24 bits per heavy atom. The highest BCUT2D eigenvalue weighted by Gasteiger charge is 2.51. The van der Waals surface area contributed by atoms with Crippen molar-refractivity contribution < 1.29 is 9.53 Å². The minimum atomic E-state index is -0.00528. The number of carbonyl (C=O) groups is 1. The molecule has 5 heterocycles. The molecule has 6 nitrogen and oxygen atoms in total. The van der Waals surface area contributed by atoms with Gasteiger partial charge in [-0.1, -0.05) is 12.2 Å². The lowest BCUT2D eigenvalue weighted by Crippen LogP contribution is -2.31. The smallest absolute Gasteiger partial charge is 0.274 e. The first-order valence-corrected chi connectivity index (χ1v) is 7.22. The fraction of sp³-hybridized carbons (Fsp3) is 0.400. The molecule has 2 saturated heterocycles. The third kappa shape index (κ3) is 1.53. The molecule has 106 valence electrons. The number of nitrogens with zero attached hydrogens (tertiary/aromatic N) is 4. The third-order valence-electron chi connectivity index (χ3n) is 4.80. The lowest BCUT2D eigenvalue weighted by molar-refractivity contribution is 0.0652. The Labute approximate surface area is 121 Å². The monoisotopic (exact) mass is 282 g/mol. The van der Waals surface area contributed by atoms with Crippen LogP contribution in [-0.2, 0) is 4.74 Å². The zero-order valence-electron chi connectivity index (χ0n) is 11.3. The fourth-order valence-corrected chi connectivity index (χ4v) is 3.79. The van der Waals surface area contributed by atoms with Gasteiger partial charge in [0.15, 0.2) is 0 Å². The van der Waals surface area contributed by atoms with E-state index in [4.69, 9.17) is 4.74 Å². The Morgan fingerprint density at radius 3 is 2.71 bits per heavy atom. The van der Waals surface area contributed by atoms with Gasteiger partial charge in [0.05, 0.1) is 12.2 Å². The second-order valence-electron chi connectivity index (χ2n) is 5.94. The van der Waals surface area contributed by atoms with Crippen molar-refractivity contribution in [1.29, 1.82) is 0 Å². The van der Waals surface area contributed by atoms with E-state index in [0.717, 1.165) is 13.1 Å². The number of amides is 1. The molecule has 2 fully saturated rings. The van der Waals surface area contributed by atoms with Crippen molar-refractivity contribution in [3.05, 3.63) is 42.5 Å². The van der Waals surface area contributed by atoms with Crippen LogP contribution in [0.3, 0.4) is 0 Å². The van der Waals surface area contributed by atoms with E-state index in [9.17, 15) is 4.79 Å². The van der Waals surface area contributed by atoms with Crippen LogP contribution < -0.4 is 0 Å².